The van der Waals surface area contributed by atoms with Gasteiger partial charge in [0.1, 0.15) is 0 Å². The van der Waals surface area contributed by atoms with Crippen LogP contribution in [0.15, 0.2) is 18.3 Å². The summed E-state index contributed by atoms with van der Waals surface area (Å²) in [6.45, 7) is 2.46. The molecule has 2 nitrogen and oxygen atoms in total. The van der Waals surface area contributed by atoms with Crippen molar-refractivity contribution in [1.29, 1.82) is 0 Å². The fourth-order valence-electron chi connectivity index (χ4n) is 1.81. The Morgan fingerprint density at radius 1 is 1.31 bits per heavy atom. The number of hydrogen-bond acceptors (Lipinski definition) is 2. The van der Waals surface area contributed by atoms with Crippen molar-refractivity contribution in [3.63, 3.8) is 0 Å². The molecule has 2 heterocycles. The Kier molecular flexibility index (Phi) is 1.54. The van der Waals surface area contributed by atoms with E-state index in [0.717, 1.165) is 5.92 Å². The van der Waals surface area contributed by atoms with Gasteiger partial charge in [-0.2, -0.15) is 0 Å². The monoisotopic (exact) mass is 174 g/mol. The molecular formula is C11H14N2. The number of nitrogens with zero attached hydrogens (tertiary/aromatic N) is 2. The Morgan fingerprint density at radius 2 is 2.15 bits per heavy atom. The van der Waals surface area contributed by atoms with Crippen LogP contribution in [-0.2, 0) is 0 Å². The molecule has 68 valence electrons. The molecule has 1 aromatic rings. The summed E-state index contributed by atoms with van der Waals surface area (Å²) < 4.78 is 0. The molecule has 2 fully saturated rings. The molecule has 0 bridgehead atoms. The van der Waals surface area contributed by atoms with Gasteiger partial charge in [0.15, 0.2) is 0 Å². The van der Waals surface area contributed by atoms with Crippen LogP contribution in [0, 0.1) is 0 Å². The fraction of sp³-hybridized carbons (Fsp3) is 0.545. The van der Waals surface area contributed by atoms with Crippen LogP contribution in [-0.4, -0.2) is 18.1 Å². The number of rotatable bonds is 2. The number of aromatic nitrogens is 1. The maximum Gasteiger partial charge on any atom is 0.0455 e. The molecule has 2 aliphatic rings. The molecule has 13 heavy (non-hydrogen) atoms. The molecule has 1 aliphatic heterocycles. The summed E-state index contributed by atoms with van der Waals surface area (Å²) in [5.41, 5.74) is 2.69. The SMILES string of the molecule is c1cc(N2CCC2)cc(C2CC2)n1. The van der Waals surface area contributed by atoms with E-state index < -0.39 is 0 Å². The summed E-state index contributed by atoms with van der Waals surface area (Å²) >= 11 is 0. The van der Waals surface area contributed by atoms with Gasteiger partial charge in [-0.3, -0.25) is 4.98 Å². The molecule has 0 amide bonds. The summed E-state index contributed by atoms with van der Waals surface area (Å²) in [6, 6.07) is 4.40. The van der Waals surface area contributed by atoms with Crippen LogP contribution in [0.4, 0.5) is 5.69 Å². The Balaban J connectivity index is 1.87. The molecule has 1 aliphatic carbocycles. The highest BCUT2D eigenvalue weighted by molar-refractivity contribution is 5.49. The van der Waals surface area contributed by atoms with Crippen LogP contribution in [0.25, 0.3) is 0 Å². The van der Waals surface area contributed by atoms with Gasteiger partial charge < -0.3 is 4.90 Å². The molecule has 1 aromatic heterocycles. The van der Waals surface area contributed by atoms with Gasteiger partial charge >= 0.3 is 0 Å². The van der Waals surface area contributed by atoms with Gasteiger partial charge in [-0.15, -0.1) is 0 Å². The van der Waals surface area contributed by atoms with E-state index in [1.807, 2.05) is 6.20 Å². The van der Waals surface area contributed by atoms with Crippen LogP contribution in [0.5, 0.6) is 0 Å². The van der Waals surface area contributed by atoms with E-state index in [4.69, 9.17) is 0 Å². The molecule has 3 rings (SSSR count). The molecule has 0 atom stereocenters. The zero-order valence-corrected chi connectivity index (χ0v) is 7.74. The van der Waals surface area contributed by atoms with Crippen molar-refractivity contribution in [3.8, 4) is 0 Å². The third-order valence-electron chi connectivity index (χ3n) is 2.98. The molecule has 1 saturated carbocycles. The lowest BCUT2D eigenvalue weighted by molar-refractivity contribution is 0.617. The van der Waals surface area contributed by atoms with Crippen LogP contribution in [0.1, 0.15) is 30.9 Å². The summed E-state index contributed by atoms with van der Waals surface area (Å²) in [7, 11) is 0. The molecule has 1 saturated heterocycles. The molecule has 0 N–H and O–H groups in total. The van der Waals surface area contributed by atoms with Gasteiger partial charge in [0, 0.05) is 36.6 Å². The van der Waals surface area contributed by atoms with Crippen molar-refractivity contribution in [2.24, 2.45) is 0 Å². The normalized spacial score (nSPS) is 21.4. The van der Waals surface area contributed by atoms with Crippen molar-refractivity contribution >= 4 is 5.69 Å². The van der Waals surface area contributed by atoms with E-state index in [0.29, 0.717) is 0 Å². The Bertz CT molecular complexity index is 314. The third kappa shape index (κ3) is 1.30. The van der Waals surface area contributed by atoms with Crippen molar-refractivity contribution in [2.45, 2.75) is 25.2 Å². The maximum absolute atomic E-state index is 4.42. The van der Waals surface area contributed by atoms with Gasteiger partial charge in [-0.1, -0.05) is 0 Å². The first-order valence-electron chi connectivity index (χ1n) is 5.14. The Hall–Kier alpha value is -1.05. The topological polar surface area (TPSA) is 16.1 Å². The maximum atomic E-state index is 4.42. The van der Waals surface area contributed by atoms with Crippen LogP contribution >= 0.6 is 0 Å². The predicted octanol–water partition coefficient (Wildman–Crippen LogP) is 2.17. The van der Waals surface area contributed by atoms with Crippen molar-refractivity contribution in [1.82, 2.24) is 4.98 Å². The average molecular weight is 174 g/mol. The zero-order chi connectivity index (χ0) is 8.67. The molecule has 2 heteroatoms. The van der Waals surface area contributed by atoms with Crippen molar-refractivity contribution in [3.05, 3.63) is 24.0 Å². The smallest absolute Gasteiger partial charge is 0.0455 e. The van der Waals surface area contributed by atoms with Gasteiger partial charge in [0.2, 0.25) is 0 Å². The number of anilines is 1. The van der Waals surface area contributed by atoms with Gasteiger partial charge in [-0.25, -0.2) is 0 Å². The number of hydrogen-bond donors (Lipinski definition) is 0. The lowest BCUT2D eigenvalue weighted by Crippen LogP contribution is -2.36. The van der Waals surface area contributed by atoms with E-state index >= 15 is 0 Å². The Morgan fingerprint density at radius 3 is 2.77 bits per heavy atom. The summed E-state index contributed by atoms with van der Waals surface area (Å²) in [5, 5.41) is 0. The standard InChI is InChI=1S/C11H14N2/c1-6-13(7-1)10-4-5-12-11(8-10)9-2-3-9/h4-5,8-9H,1-3,6-7H2. The third-order valence-corrected chi connectivity index (χ3v) is 2.98. The van der Waals surface area contributed by atoms with E-state index in [2.05, 4.69) is 22.0 Å². The first-order chi connectivity index (χ1) is 6.43. The van der Waals surface area contributed by atoms with Gasteiger partial charge in [0.25, 0.3) is 0 Å². The molecule has 0 spiro atoms. The highest BCUT2D eigenvalue weighted by atomic mass is 15.2. The molecular weight excluding hydrogens is 160 g/mol. The van der Waals surface area contributed by atoms with Gasteiger partial charge in [-0.05, 0) is 31.4 Å². The van der Waals surface area contributed by atoms with Gasteiger partial charge in [0.05, 0.1) is 0 Å². The second-order valence-corrected chi connectivity index (χ2v) is 4.05. The molecule has 0 radical (unpaired) electrons. The predicted molar refractivity (Wildman–Crippen MR) is 53.0 cm³/mol. The lowest BCUT2D eigenvalue weighted by Gasteiger charge is -2.33. The minimum Gasteiger partial charge on any atom is -0.371 e. The van der Waals surface area contributed by atoms with Crippen molar-refractivity contribution in [2.75, 3.05) is 18.0 Å². The summed E-state index contributed by atoms with van der Waals surface area (Å²) in [5.74, 6) is 0.779. The summed E-state index contributed by atoms with van der Waals surface area (Å²) in [6.07, 6.45) is 6.00. The average Bonchev–Trinajstić information content (AvgIpc) is 2.83. The minimum absolute atomic E-state index is 0.779. The highest BCUT2D eigenvalue weighted by Crippen LogP contribution is 2.40. The van der Waals surface area contributed by atoms with E-state index in [-0.39, 0.29) is 0 Å². The molecule has 0 unspecified atom stereocenters. The van der Waals surface area contributed by atoms with E-state index in [1.54, 1.807) is 0 Å². The van der Waals surface area contributed by atoms with Crippen molar-refractivity contribution < 1.29 is 0 Å². The van der Waals surface area contributed by atoms with Crippen LogP contribution in [0.3, 0.4) is 0 Å². The minimum atomic E-state index is 0.779. The largest absolute Gasteiger partial charge is 0.371 e. The quantitative estimate of drug-likeness (QED) is 0.683. The highest BCUT2D eigenvalue weighted by Gasteiger charge is 2.25. The van der Waals surface area contributed by atoms with Crippen LogP contribution < -0.4 is 4.90 Å². The number of pyridine rings is 1. The zero-order valence-electron chi connectivity index (χ0n) is 7.74. The van der Waals surface area contributed by atoms with E-state index in [9.17, 15) is 0 Å². The first-order valence-corrected chi connectivity index (χ1v) is 5.14. The first kappa shape index (κ1) is 7.36. The summed E-state index contributed by atoms with van der Waals surface area (Å²) in [4.78, 5) is 6.84. The second-order valence-electron chi connectivity index (χ2n) is 4.05. The van der Waals surface area contributed by atoms with E-state index in [1.165, 1.54) is 43.7 Å². The Labute approximate surface area is 78.6 Å². The van der Waals surface area contributed by atoms with Crippen LogP contribution in [0.2, 0.25) is 0 Å². The lowest BCUT2D eigenvalue weighted by atomic mass is 10.1. The molecule has 0 aromatic carbocycles. The fourth-order valence-corrected chi connectivity index (χ4v) is 1.81. The second kappa shape index (κ2) is 2.72.